The largest absolute Gasteiger partial charge is 0.493 e. The van der Waals surface area contributed by atoms with Crippen molar-refractivity contribution in [3.63, 3.8) is 0 Å². The maximum Gasteiger partial charge on any atom is 0.257 e. The average Bonchev–Trinajstić information content (AvgIpc) is 3.24. The molecule has 3 aromatic rings. The summed E-state index contributed by atoms with van der Waals surface area (Å²) < 4.78 is 10.6. The first kappa shape index (κ1) is 22.3. The summed E-state index contributed by atoms with van der Waals surface area (Å²) in [5.41, 5.74) is 2.13. The van der Waals surface area contributed by atoms with E-state index in [1.54, 1.807) is 48.8 Å². The molecule has 0 aliphatic heterocycles. The molecule has 0 aliphatic rings. The van der Waals surface area contributed by atoms with Crippen molar-refractivity contribution in [1.82, 2.24) is 9.88 Å². The fourth-order valence-electron chi connectivity index (χ4n) is 3.05. The molecule has 0 radical (unpaired) electrons. The number of nitrogens with one attached hydrogen (secondary N) is 1. The minimum absolute atomic E-state index is 0.0384. The van der Waals surface area contributed by atoms with E-state index in [4.69, 9.17) is 9.47 Å². The van der Waals surface area contributed by atoms with Crippen molar-refractivity contribution in [2.75, 3.05) is 26.1 Å². The third-order valence-electron chi connectivity index (χ3n) is 4.70. The van der Waals surface area contributed by atoms with Crippen LogP contribution in [-0.4, -0.2) is 42.5 Å². The minimum Gasteiger partial charge on any atom is -0.493 e. The molecule has 0 saturated carbocycles. The second-order valence-corrected chi connectivity index (χ2v) is 7.60. The highest BCUT2D eigenvalue weighted by Crippen LogP contribution is 2.28. The van der Waals surface area contributed by atoms with Gasteiger partial charge in [-0.15, -0.1) is 11.3 Å². The van der Waals surface area contributed by atoms with Crippen LogP contribution >= 0.6 is 11.3 Å². The number of aromatic nitrogens is 1. The molecule has 1 N–H and O–H groups in total. The minimum atomic E-state index is -0.225. The number of thiazole rings is 1. The zero-order valence-corrected chi connectivity index (χ0v) is 18.6. The van der Waals surface area contributed by atoms with Gasteiger partial charge in [-0.25, -0.2) is 4.98 Å². The van der Waals surface area contributed by atoms with E-state index >= 15 is 0 Å². The molecular weight excluding hydrogens is 414 g/mol. The predicted octanol–water partition coefficient (Wildman–Crippen LogP) is 4.00. The average molecular weight is 440 g/mol. The lowest BCUT2D eigenvalue weighted by Gasteiger charge is -2.21. The van der Waals surface area contributed by atoms with Gasteiger partial charge < -0.3 is 14.4 Å². The van der Waals surface area contributed by atoms with Crippen LogP contribution in [0.25, 0.3) is 0 Å². The van der Waals surface area contributed by atoms with Gasteiger partial charge in [0.1, 0.15) is 0 Å². The second kappa shape index (κ2) is 10.6. The van der Waals surface area contributed by atoms with Gasteiger partial charge in [0.05, 0.1) is 26.3 Å². The Morgan fingerprint density at radius 1 is 1.06 bits per heavy atom. The number of hydrogen-bond acceptors (Lipinski definition) is 6. The number of methoxy groups -OCH3 is 2. The van der Waals surface area contributed by atoms with Crippen molar-refractivity contribution in [3.05, 3.63) is 70.7 Å². The highest BCUT2D eigenvalue weighted by atomic mass is 32.1. The molecular formula is C23H25N3O4S. The van der Waals surface area contributed by atoms with E-state index in [-0.39, 0.29) is 18.2 Å². The standard InChI is InChI=1S/C23H25N3O4S/c1-4-26(14-16-10-11-19(29-2)20(12-16)30-3)21(27)13-18-15-31-23(24-18)25-22(28)17-8-6-5-7-9-17/h5-12,15H,4,13-14H2,1-3H3,(H,24,25,28). The predicted molar refractivity (Wildman–Crippen MR) is 121 cm³/mol. The molecule has 31 heavy (non-hydrogen) atoms. The van der Waals surface area contributed by atoms with Gasteiger partial charge in [-0.05, 0) is 36.8 Å². The number of nitrogens with zero attached hydrogens (tertiary/aromatic N) is 2. The summed E-state index contributed by atoms with van der Waals surface area (Å²) in [5.74, 6) is 1.01. The van der Waals surface area contributed by atoms with Crippen LogP contribution in [0.2, 0.25) is 0 Å². The summed E-state index contributed by atoms with van der Waals surface area (Å²) in [5, 5.41) is 5.04. The van der Waals surface area contributed by atoms with E-state index in [0.717, 1.165) is 5.56 Å². The Labute approximate surface area is 185 Å². The third kappa shape index (κ3) is 5.82. The van der Waals surface area contributed by atoms with Crippen molar-refractivity contribution in [1.29, 1.82) is 0 Å². The Morgan fingerprint density at radius 3 is 2.48 bits per heavy atom. The lowest BCUT2D eigenvalue weighted by molar-refractivity contribution is -0.130. The quantitative estimate of drug-likeness (QED) is 0.545. The van der Waals surface area contributed by atoms with Crippen LogP contribution in [0.5, 0.6) is 11.5 Å². The molecule has 1 aromatic heterocycles. The molecule has 0 aliphatic carbocycles. The molecule has 3 rings (SSSR count). The molecule has 0 fully saturated rings. The van der Waals surface area contributed by atoms with E-state index in [1.807, 2.05) is 31.2 Å². The van der Waals surface area contributed by atoms with Gasteiger partial charge in [0, 0.05) is 24.0 Å². The van der Waals surface area contributed by atoms with Crippen LogP contribution in [0.3, 0.4) is 0 Å². The van der Waals surface area contributed by atoms with Crippen molar-refractivity contribution in [2.24, 2.45) is 0 Å². The van der Waals surface area contributed by atoms with Crippen molar-refractivity contribution in [3.8, 4) is 11.5 Å². The maximum absolute atomic E-state index is 12.8. The molecule has 0 atom stereocenters. The Balaban J connectivity index is 1.61. The van der Waals surface area contributed by atoms with Gasteiger partial charge in [-0.3, -0.25) is 14.9 Å². The molecule has 0 spiro atoms. The fraction of sp³-hybridized carbons (Fsp3) is 0.261. The molecule has 0 saturated heterocycles. The summed E-state index contributed by atoms with van der Waals surface area (Å²) in [6, 6.07) is 14.5. The number of anilines is 1. The molecule has 0 unspecified atom stereocenters. The Bertz CT molecular complexity index is 1040. The normalized spacial score (nSPS) is 10.4. The number of carbonyl (C=O) groups excluding carboxylic acids is 2. The zero-order chi connectivity index (χ0) is 22.2. The summed E-state index contributed by atoms with van der Waals surface area (Å²) in [6.45, 7) is 2.96. The summed E-state index contributed by atoms with van der Waals surface area (Å²) in [4.78, 5) is 31.2. The number of hydrogen-bond donors (Lipinski definition) is 1. The fourth-order valence-corrected chi connectivity index (χ4v) is 3.75. The number of ether oxygens (including phenoxy) is 2. The second-order valence-electron chi connectivity index (χ2n) is 6.74. The molecule has 162 valence electrons. The Kier molecular flexibility index (Phi) is 7.61. The third-order valence-corrected chi connectivity index (χ3v) is 5.50. The van der Waals surface area contributed by atoms with Crippen LogP contribution < -0.4 is 14.8 Å². The highest BCUT2D eigenvalue weighted by Gasteiger charge is 2.17. The molecule has 7 nitrogen and oxygen atoms in total. The number of amides is 2. The number of benzene rings is 2. The molecule has 2 aromatic carbocycles. The zero-order valence-electron chi connectivity index (χ0n) is 17.8. The van der Waals surface area contributed by atoms with Crippen molar-refractivity contribution >= 4 is 28.3 Å². The van der Waals surface area contributed by atoms with Crippen LogP contribution in [0, 0.1) is 0 Å². The lowest BCUT2D eigenvalue weighted by Crippen LogP contribution is -2.31. The van der Waals surface area contributed by atoms with E-state index < -0.39 is 0 Å². The van der Waals surface area contributed by atoms with E-state index in [1.165, 1.54) is 11.3 Å². The van der Waals surface area contributed by atoms with Crippen LogP contribution in [0.15, 0.2) is 53.9 Å². The molecule has 0 bridgehead atoms. The highest BCUT2D eigenvalue weighted by molar-refractivity contribution is 7.14. The van der Waals surface area contributed by atoms with Gasteiger partial charge in [-0.1, -0.05) is 24.3 Å². The van der Waals surface area contributed by atoms with Crippen molar-refractivity contribution < 1.29 is 19.1 Å². The van der Waals surface area contributed by atoms with Gasteiger partial charge in [-0.2, -0.15) is 0 Å². The van der Waals surface area contributed by atoms with Crippen LogP contribution in [-0.2, 0) is 17.8 Å². The Morgan fingerprint density at radius 2 is 1.81 bits per heavy atom. The number of rotatable bonds is 9. The Hall–Kier alpha value is -3.39. The first-order valence-electron chi connectivity index (χ1n) is 9.83. The first-order chi connectivity index (χ1) is 15.0. The van der Waals surface area contributed by atoms with E-state index in [0.29, 0.717) is 41.0 Å². The molecule has 1 heterocycles. The lowest BCUT2D eigenvalue weighted by atomic mass is 10.1. The van der Waals surface area contributed by atoms with E-state index in [2.05, 4.69) is 10.3 Å². The first-order valence-corrected chi connectivity index (χ1v) is 10.7. The maximum atomic E-state index is 12.8. The summed E-state index contributed by atoms with van der Waals surface area (Å²) >= 11 is 1.30. The van der Waals surface area contributed by atoms with Gasteiger partial charge in [0.15, 0.2) is 16.6 Å². The molecule has 2 amide bonds. The van der Waals surface area contributed by atoms with E-state index in [9.17, 15) is 9.59 Å². The van der Waals surface area contributed by atoms with Crippen LogP contribution in [0.4, 0.5) is 5.13 Å². The topological polar surface area (TPSA) is 80.8 Å². The van der Waals surface area contributed by atoms with Gasteiger partial charge >= 0.3 is 0 Å². The van der Waals surface area contributed by atoms with Crippen LogP contribution in [0.1, 0.15) is 28.5 Å². The molecule has 8 heteroatoms. The summed E-state index contributed by atoms with van der Waals surface area (Å²) in [7, 11) is 3.17. The van der Waals surface area contributed by atoms with Gasteiger partial charge in [0.25, 0.3) is 5.91 Å². The van der Waals surface area contributed by atoms with Gasteiger partial charge in [0.2, 0.25) is 5.91 Å². The summed E-state index contributed by atoms with van der Waals surface area (Å²) in [6.07, 6.45) is 0.166. The SMILES string of the molecule is CCN(Cc1ccc(OC)c(OC)c1)C(=O)Cc1csc(NC(=O)c2ccccc2)n1. The van der Waals surface area contributed by atoms with Crippen molar-refractivity contribution in [2.45, 2.75) is 19.9 Å². The smallest absolute Gasteiger partial charge is 0.257 e. The number of likely N-dealkylation sites (N-methyl/N-ethyl adjacent to an activating group) is 1. The monoisotopic (exact) mass is 439 g/mol. The number of carbonyl (C=O) groups is 2.